The molecule has 0 aliphatic carbocycles. The van der Waals surface area contributed by atoms with E-state index in [1.165, 1.54) is 0 Å². The highest BCUT2D eigenvalue weighted by molar-refractivity contribution is 5.96. The average molecular weight is 367 g/mol. The maximum absolute atomic E-state index is 12.5. The van der Waals surface area contributed by atoms with E-state index in [0.717, 1.165) is 5.56 Å². The van der Waals surface area contributed by atoms with E-state index < -0.39 is 0 Å². The number of amides is 2. The minimum absolute atomic E-state index is 0.0179. The number of carbonyl (C=O) groups excluding carboxylic acids is 2. The van der Waals surface area contributed by atoms with Crippen LogP contribution in [0.5, 0.6) is 0 Å². The summed E-state index contributed by atoms with van der Waals surface area (Å²) in [6.45, 7) is 4.15. The van der Waals surface area contributed by atoms with Crippen LogP contribution in [-0.4, -0.2) is 43.0 Å². The van der Waals surface area contributed by atoms with Crippen LogP contribution < -0.4 is 11.1 Å². The minimum atomic E-state index is -0.387. The average Bonchev–Trinajstić information content (AvgIpc) is 2.74. The fourth-order valence-corrected chi connectivity index (χ4v) is 3.03. The number of benzene rings is 2. The molecule has 27 heavy (non-hydrogen) atoms. The third-order valence-electron chi connectivity index (χ3n) is 4.83. The first kappa shape index (κ1) is 19.1. The Morgan fingerprint density at radius 2 is 1.67 bits per heavy atom. The van der Waals surface area contributed by atoms with Crippen molar-refractivity contribution in [2.45, 2.75) is 13.0 Å². The van der Waals surface area contributed by atoms with Crippen LogP contribution in [0.2, 0.25) is 0 Å². The Bertz CT molecular complexity index is 771. The second-order valence-corrected chi connectivity index (χ2v) is 6.70. The van der Waals surface area contributed by atoms with Gasteiger partial charge in [-0.05, 0) is 29.8 Å². The van der Waals surface area contributed by atoms with Crippen LogP contribution in [0.3, 0.4) is 0 Å². The number of rotatable bonds is 5. The first-order valence-corrected chi connectivity index (χ1v) is 9.15. The van der Waals surface area contributed by atoms with Gasteiger partial charge in [-0.3, -0.25) is 9.59 Å². The van der Waals surface area contributed by atoms with E-state index in [0.29, 0.717) is 37.6 Å². The fraction of sp³-hybridized carbons (Fsp3) is 0.333. The van der Waals surface area contributed by atoms with Gasteiger partial charge in [0.05, 0.1) is 19.1 Å². The monoisotopic (exact) mass is 367 g/mol. The molecule has 0 radical (unpaired) electrons. The molecule has 3 rings (SSSR count). The summed E-state index contributed by atoms with van der Waals surface area (Å²) < 4.78 is 5.27. The molecule has 2 atom stereocenters. The van der Waals surface area contributed by atoms with Gasteiger partial charge in [-0.25, -0.2) is 0 Å². The predicted octanol–water partition coefficient (Wildman–Crippen LogP) is 2.43. The lowest BCUT2D eigenvalue weighted by atomic mass is 9.94. The Morgan fingerprint density at radius 1 is 1.04 bits per heavy atom. The van der Waals surface area contributed by atoms with Gasteiger partial charge in [-0.2, -0.15) is 0 Å². The summed E-state index contributed by atoms with van der Waals surface area (Å²) in [6, 6.07) is 16.1. The number of carbonyl (C=O) groups is 2. The zero-order chi connectivity index (χ0) is 19.2. The molecule has 2 aromatic carbocycles. The second-order valence-electron chi connectivity index (χ2n) is 6.70. The summed E-state index contributed by atoms with van der Waals surface area (Å²) in [5.74, 6) is -0.559. The van der Waals surface area contributed by atoms with Gasteiger partial charge >= 0.3 is 0 Å². The first-order chi connectivity index (χ1) is 13.1. The van der Waals surface area contributed by atoms with E-state index in [4.69, 9.17) is 10.5 Å². The molecule has 142 valence electrons. The Balaban J connectivity index is 1.60. The van der Waals surface area contributed by atoms with E-state index in [2.05, 4.69) is 5.32 Å². The van der Waals surface area contributed by atoms with Crippen LogP contribution >= 0.6 is 0 Å². The maximum Gasteiger partial charge on any atom is 0.254 e. The van der Waals surface area contributed by atoms with Gasteiger partial charge in [0.2, 0.25) is 5.91 Å². The van der Waals surface area contributed by atoms with Gasteiger partial charge in [0.25, 0.3) is 5.91 Å². The Labute approximate surface area is 159 Å². The van der Waals surface area contributed by atoms with Crippen LogP contribution in [0.4, 0.5) is 5.69 Å². The Hall–Kier alpha value is -2.70. The molecule has 1 fully saturated rings. The molecule has 0 saturated carbocycles. The molecular weight excluding hydrogens is 342 g/mol. The number of hydrogen-bond donors (Lipinski definition) is 2. The SMILES string of the molecule is CC(C(=O)Nc1ccc(C(=O)N2CCOCC2)cc1)C(N)c1ccccc1. The van der Waals surface area contributed by atoms with Crippen molar-refractivity contribution >= 4 is 17.5 Å². The van der Waals surface area contributed by atoms with Crippen molar-refractivity contribution in [3.63, 3.8) is 0 Å². The molecular formula is C21H25N3O3. The second kappa shape index (κ2) is 8.79. The molecule has 2 amide bonds. The molecule has 0 spiro atoms. The fourth-order valence-electron chi connectivity index (χ4n) is 3.03. The highest BCUT2D eigenvalue weighted by Crippen LogP contribution is 2.21. The van der Waals surface area contributed by atoms with Crippen molar-refractivity contribution < 1.29 is 14.3 Å². The van der Waals surface area contributed by atoms with Crippen LogP contribution in [0.25, 0.3) is 0 Å². The topological polar surface area (TPSA) is 84.7 Å². The van der Waals surface area contributed by atoms with Crippen molar-refractivity contribution in [1.82, 2.24) is 4.90 Å². The third kappa shape index (κ3) is 4.72. The van der Waals surface area contributed by atoms with E-state index >= 15 is 0 Å². The van der Waals surface area contributed by atoms with E-state index in [9.17, 15) is 9.59 Å². The molecule has 2 aromatic rings. The molecule has 1 aliphatic rings. The van der Waals surface area contributed by atoms with Gasteiger partial charge in [-0.1, -0.05) is 37.3 Å². The summed E-state index contributed by atoms with van der Waals surface area (Å²) in [5, 5.41) is 2.87. The van der Waals surface area contributed by atoms with Crippen LogP contribution in [-0.2, 0) is 9.53 Å². The Kier molecular flexibility index (Phi) is 6.21. The van der Waals surface area contributed by atoms with Gasteiger partial charge < -0.3 is 20.7 Å². The third-order valence-corrected chi connectivity index (χ3v) is 4.83. The summed E-state index contributed by atoms with van der Waals surface area (Å²) in [4.78, 5) is 26.7. The largest absolute Gasteiger partial charge is 0.378 e. The minimum Gasteiger partial charge on any atom is -0.378 e. The molecule has 1 saturated heterocycles. The van der Waals surface area contributed by atoms with Crippen molar-refractivity contribution in [2.75, 3.05) is 31.6 Å². The van der Waals surface area contributed by atoms with Crippen LogP contribution in [0, 0.1) is 5.92 Å². The molecule has 0 bridgehead atoms. The molecule has 1 aliphatic heterocycles. The summed E-state index contributed by atoms with van der Waals surface area (Å²) in [5.41, 5.74) is 8.39. The molecule has 3 N–H and O–H groups in total. The number of nitrogens with two attached hydrogens (primary N) is 1. The first-order valence-electron chi connectivity index (χ1n) is 9.15. The quantitative estimate of drug-likeness (QED) is 0.850. The molecule has 6 heteroatoms. The summed E-state index contributed by atoms with van der Waals surface area (Å²) >= 11 is 0. The number of ether oxygens (including phenoxy) is 1. The number of hydrogen-bond acceptors (Lipinski definition) is 4. The van der Waals surface area contributed by atoms with Gasteiger partial charge in [0.1, 0.15) is 0 Å². The van der Waals surface area contributed by atoms with E-state index in [-0.39, 0.29) is 23.8 Å². The zero-order valence-electron chi connectivity index (χ0n) is 15.4. The van der Waals surface area contributed by atoms with Gasteiger partial charge in [0, 0.05) is 30.4 Å². The Morgan fingerprint density at radius 3 is 2.30 bits per heavy atom. The highest BCUT2D eigenvalue weighted by atomic mass is 16.5. The van der Waals surface area contributed by atoms with Crippen molar-refractivity contribution in [3.8, 4) is 0 Å². The molecule has 2 unspecified atom stereocenters. The lowest BCUT2D eigenvalue weighted by Crippen LogP contribution is -2.40. The molecule has 0 aromatic heterocycles. The van der Waals surface area contributed by atoms with Crippen molar-refractivity contribution in [3.05, 3.63) is 65.7 Å². The predicted molar refractivity (Wildman–Crippen MR) is 104 cm³/mol. The van der Waals surface area contributed by atoms with E-state index in [1.807, 2.05) is 37.3 Å². The summed E-state index contributed by atoms with van der Waals surface area (Å²) in [7, 11) is 0. The lowest BCUT2D eigenvalue weighted by Gasteiger charge is -2.27. The number of morpholine rings is 1. The zero-order valence-corrected chi connectivity index (χ0v) is 15.4. The molecule has 6 nitrogen and oxygen atoms in total. The normalized spacial score (nSPS) is 16.4. The van der Waals surface area contributed by atoms with E-state index in [1.54, 1.807) is 29.2 Å². The van der Waals surface area contributed by atoms with Crippen LogP contribution in [0.1, 0.15) is 28.9 Å². The number of nitrogens with one attached hydrogen (secondary N) is 1. The smallest absolute Gasteiger partial charge is 0.254 e. The lowest BCUT2D eigenvalue weighted by molar-refractivity contribution is -0.120. The van der Waals surface area contributed by atoms with Crippen molar-refractivity contribution in [1.29, 1.82) is 0 Å². The number of nitrogens with zero attached hydrogens (tertiary/aromatic N) is 1. The maximum atomic E-state index is 12.5. The summed E-state index contributed by atoms with van der Waals surface area (Å²) in [6.07, 6.45) is 0. The van der Waals surface area contributed by atoms with Crippen LogP contribution in [0.15, 0.2) is 54.6 Å². The van der Waals surface area contributed by atoms with Crippen molar-refractivity contribution in [2.24, 2.45) is 11.7 Å². The molecule has 1 heterocycles. The highest BCUT2D eigenvalue weighted by Gasteiger charge is 2.22. The van der Waals surface area contributed by atoms with Gasteiger partial charge in [0.15, 0.2) is 0 Å². The standard InChI is InChI=1S/C21H25N3O3/c1-15(19(22)16-5-3-2-4-6-16)20(25)23-18-9-7-17(8-10-18)21(26)24-11-13-27-14-12-24/h2-10,15,19H,11-14,22H2,1H3,(H,23,25). The van der Waals surface area contributed by atoms with Gasteiger partial charge in [-0.15, -0.1) is 0 Å². The number of anilines is 1.